The predicted octanol–water partition coefficient (Wildman–Crippen LogP) is 2.13. The van der Waals surface area contributed by atoms with Crippen LogP contribution >= 0.6 is 11.3 Å². The largest absolute Gasteiger partial charge is 0.497 e. The van der Waals surface area contributed by atoms with Crippen molar-refractivity contribution in [2.75, 3.05) is 18.6 Å². The van der Waals surface area contributed by atoms with Crippen molar-refractivity contribution in [2.45, 2.75) is 23.2 Å². The normalized spacial score (nSPS) is 20.0. The highest BCUT2D eigenvalue weighted by Gasteiger charge is 2.39. The molecule has 2 aromatic rings. The van der Waals surface area contributed by atoms with Crippen LogP contribution in [-0.4, -0.2) is 45.8 Å². The summed E-state index contributed by atoms with van der Waals surface area (Å²) >= 11 is 1.13. The van der Waals surface area contributed by atoms with Gasteiger partial charge in [0.2, 0.25) is 0 Å². The molecule has 3 rings (SSSR count). The van der Waals surface area contributed by atoms with Gasteiger partial charge in [-0.3, -0.25) is 0 Å². The van der Waals surface area contributed by atoms with Crippen LogP contribution in [0.15, 0.2) is 46.0 Å². The van der Waals surface area contributed by atoms with Gasteiger partial charge in [-0.05, 0) is 35.6 Å². The number of methoxy groups -OCH3 is 1. The van der Waals surface area contributed by atoms with Crippen molar-refractivity contribution < 1.29 is 21.6 Å². The van der Waals surface area contributed by atoms with Crippen LogP contribution in [0.1, 0.15) is 12.0 Å². The zero-order chi connectivity index (χ0) is 18.1. The highest BCUT2D eigenvalue weighted by molar-refractivity contribution is 7.92. The van der Waals surface area contributed by atoms with Gasteiger partial charge in [-0.25, -0.2) is 16.8 Å². The van der Waals surface area contributed by atoms with Crippen molar-refractivity contribution >= 4 is 31.2 Å². The standard InChI is InChI=1S/C16H19NO5S3/c1-22-15-6-4-13(5-7-15)11-17(14-8-10-24(18,19)12-14)25(20,21)16-3-2-9-23-16/h2-7,9,14H,8,10-12H2,1H3/t14-/m1/s1. The van der Waals surface area contributed by atoms with Gasteiger partial charge in [0.05, 0.1) is 18.6 Å². The molecule has 1 fully saturated rings. The van der Waals surface area contributed by atoms with E-state index in [-0.39, 0.29) is 22.3 Å². The topological polar surface area (TPSA) is 80.8 Å². The van der Waals surface area contributed by atoms with Gasteiger partial charge in [0.1, 0.15) is 9.96 Å². The summed E-state index contributed by atoms with van der Waals surface area (Å²) in [5, 5.41) is 1.70. The number of benzene rings is 1. The van der Waals surface area contributed by atoms with Gasteiger partial charge in [-0.2, -0.15) is 4.31 Å². The van der Waals surface area contributed by atoms with E-state index < -0.39 is 25.9 Å². The second-order valence-corrected chi connectivity index (χ2v) is 11.2. The summed E-state index contributed by atoms with van der Waals surface area (Å²) in [6, 6.07) is 9.78. The summed E-state index contributed by atoms with van der Waals surface area (Å²) in [5.41, 5.74) is 0.783. The summed E-state index contributed by atoms with van der Waals surface area (Å²) in [6.07, 6.45) is 0.323. The molecule has 0 saturated carbocycles. The fourth-order valence-corrected chi connectivity index (χ4v) is 7.44. The number of ether oxygens (including phenoxy) is 1. The first-order valence-corrected chi connectivity index (χ1v) is 11.8. The Bertz CT molecular complexity index is 919. The zero-order valence-corrected chi connectivity index (χ0v) is 16.1. The van der Waals surface area contributed by atoms with E-state index in [1.165, 1.54) is 4.31 Å². The Morgan fingerprint density at radius 3 is 2.48 bits per heavy atom. The van der Waals surface area contributed by atoms with E-state index in [0.717, 1.165) is 16.9 Å². The number of sulfone groups is 1. The van der Waals surface area contributed by atoms with Crippen LogP contribution in [-0.2, 0) is 26.4 Å². The van der Waals surface area contributed by atoms with Gasteiger partial charge >= 0.3 is 0 Å². The van der Waals surface area contributed by atoms with Crippen molar-refractivity contribution in [2.24, 2.45) is 0 Å². The van der Waals surface area contributed by atoms with Crippen molar-refractivity contribution in [3.05, 3.63) is 47.3 Å². The third kappa shape index (κ3) is 4.05. The minimum atomic E-state index is -3.75. The third-order valence-corrected chi connectivity index (χ3v) is 9.19. The summed E-state index contributed by atoms with van der Waals surface area (Å²) in [6.45, 7) is 0.129. The lowest BCUT2D eigenvalue weighted by Gasteiger charge is -2.27. The second-order valence-electron chi connectivity index (χ2n) is 5.89. The average molecular weight is 402 g/mol. The molecule has 0 spiro atoms. The van der Waals surface area contributed by atoms with Gasteiger partial charge in [-0.15, -0.1) is 11.3 Å². The van der Waals surface area contributed by atoms with Crippen molar-refractivity contribution in [1.29, 1.82) is 0 Å². The Hall–Kier alpha value is -1.42. The molecular formula is C16H19NO5S3. The minimum absolute atomic E-state index is 0.0245. The maximum atomic E-state index is 13.0. The average Bonchev–Trinajstić information content (AvgIpc) is 3.23. The van der Waals surface area contributed by atoms with Crippen LogP contribution in [0.3, 0.4) is 0 Å². The quantitative estimate of drug-likeness (QED) is 0.741. The van der Waals surface area contributed by atoms with Crippen LogP contribution in [0.2, 0.25) is 0 Å². The molecule has 0 amide bonds. The third-order valence-electron chi connectivity index (χ3n) is 4.17. The van der Waals surface area contributed by atoms with E-state index in [1.54, 1.807) is 48.9 Å². The monoisotopic (exact) mass is 401 g/mol. The Morgan fingerprint density at radius 2 is 1.96 bits per heavy atom. The van der Waals surface area contributed by atoms with Gasteiger partial charge in [0.25, 0.3) is 10.0 Å². The van der Waals surface area contributed by atoms with Gasteiger partial charge in [0.15, 0.2) is 9.84 Å². The summed E-state index contributed by atoms with van der Waals surface area (Å²) in [4.78, 5) is 0. The van der Waals surface area contributed by atoms with E-state index in [9.17, 15) is 16.8 Å². The second kappa shape index (κ2) is 7.06. The number of hydrogen-bond acceptors (Lipinski definition) is 6. The molecule has 1 atom stereocenters. The summed E-state index contributed by atoms with van der Waals surface area (Å²) < 4.78 is 56.5. The molecule has 0 unspecified atom stereocenters. The van der Waals surface area contributed by atoms with E-state index in [2.05, 4.69) is 0 Å². The van der Waals surface area contributed by atoms with Gasteiger partial charge in [-0.1, -0.05) is 18.2 Å². The first-order valence-electron chi connectivity index (χ1n) is 7.70. The number of nitrogens with zero attached hydrogens (tertiary/aromatic N) is 1. The fraction of sp³-hybridized carbons (Fsp3) is 0.375. The van der Waals surface area contributed by atoms with Crippen molar-refractivity contribution in [3.63, 3.8) is 0 Å². The van der Waals surface area contributed by atoms with Crippen LogP contribution in [0.25, 0.3) is 0 Å². The highest BCUT2D eigenvalue weighted by atomic mass is 32.2. The van der Waals surface area contributed by atoms with E-state index in [1.807, 2.05) is 0 Å². The molecule has 0 radical (unpaired) electrons. The van der Waals surface area contributed by atoms with E-state index in [4.69, 9.17) is 4.74 Å². The molecule has 136 valence electrons. The number of sulfonamides is 1. The van der Waals surface area contributed by atoms with Crippen LogP contribution < -0.4 is 4.74 Å². The summed E-state index contributed by atoms with van der Waals surface area (Å²) in [7, 11) is -5.38. The Balaban J connectivity index is 1.94. The fourth-order valence-electron chi connectivity index (χ4n) is 2.85. The number of hydrogen-bond donors (Lipinski definition) is 0. The molecule has 0 aliphatic carbocycles. The molecule has 0 bridgehead atoms. The molecule has 9 heteroatoms. The first kappa shape index (κ1) is 18.4. The maximum absolute atomic E-state index is 13.0. The molecule has 1 aliphatic rings. The smallest absolute Gasteiger partial charge is 0.253 e. The van der Waals surface area contributed by atoms with E-state index >= 15 is 0 Å². The minimum Gasteiger partial charge on any atom is -0.497 e. The zero-order valence-electron chi connectivity index (χ0n) is 13.7. The summed E-state index contributed by atoms with van der Waals surface area (Å²) in [5.74, 6) is 0.574. The highest BCUT2D eigenvalue weighted by Crippen LogP contribution is 2.29. The van der Waals surface area contributed by atoms with Crippen LogP contribution in [0.4, 0.5) is 0 Å². The lowest BCUT2D eigenvalue weighted by Crippen LogP contribution is -2.40. The van der Waals surface area contributed by atoms with Crippen LogP contribution in [0, 0.1) is 0 Å². The lowest BCUT2D eigenvalue weighted by molar-refractivity contribution is 0.335. The Labute approximate surface area is 152 Å². The predicted molar refractivity (Wildman–Crippen MR) is 97.1 cm³/mol. The molecule has 2 heterocycles. The Morgan fingerprint density at radius 1 is 1.24 bits per heavy atom. The molecule has 1 aliphatic heterocycles. The molecule has 6 nitrogen and oxygen atoms in total. The van der Waals surface area contributed by atoms with Crippen molar-refractivity contribution in [1.82, 2.24) is 4.31 Å². The lowest BCUT2D eigenvalue weighted by atomic mass is 10.2. The van der Waals surface area contributed by atoms with Gasteiger partial charge < -0.3 is 4.74 Å². The molecule has 25 heavy (non-hydrogen) atoms. The van der Waals surface area contributed by atoms with Gasteiger partial charge in [0, 0.05) is 12.6 Å². The van der Waals surface area contributed by atoms with Crippen LogP contribution in [0.5, 0.6) is 5.75 Å². The first-order chi connectivity index (χ1) is 11.8. The molecule has 1 aromatic carbocycles. The van der Waals surface area contributed by atoms with Crippen molar-refractivity contribution in [3.8, 4) is 5.75 Å². The molecule has 1 aromatic heterocycles. The SMILES string of the molecule is COc1ccc(CN([C@@H]2CCS(=O)(=O)C2)S(=O)(=O)c2cccs2)cc1. The molecular weight excluding hydrogens is 382 g/mol. The molecule has 0 N–H and O–H groups in total. The molecule has 1 saturated heterocycles. The van der Waals surface area contributed by atoms with E-state index in [0.29, 0.717) is 12.2 Å². The Kier molecular flexibility index (Phi) is 5.19. The maximum Gasteiger partial charge on any atom is 0.253 e. The number of rotatable bonds is 6. The number of thiophene rings is 1.